The molecule has 1 atom stereocenters. The second-order valence-corrected chi connectivity index (χ2v) is 4.21. The van der Waals surface area contributed by atoms with Gasteiger partial charge in [0.2, 0.25) is 0 Å². The molecular formula is C11H10Cl2F3NO2. The molecule has 0 spiro atoms. The Labute approximate surface area is 118 Å². The highest BCUT2D eigenvalue weighted by atomic mass is 35.5. The number of alkyl carbamates (subject to hydrolysis) is 1. The molecule has 1 aromatic carbocycles. The van der Waals surface area contributed by atoms with Crippen LogP contribution >= 0.6 is 24.0 Å². The molecule has 8 heteroatoms. The predicted octanol–water partition coefficient (Wildman–Crippen LogP) is 3.95. The highest BCUT2D eigenvalue weighted by Crippen LogP contribution is 2.38. The van der Waals surface area contributed by atoms with E-state index in [1.165, 1.54) is 12.1 Å². The van der Waals surface area contributed by atoms with E-state index in [0.717, 1.165) is 6.07 Å². The smallest absolute Gasteiger partial charge is 0.417 e. The van der Waals surface area contributed by atoms with Crippen LogP contribution in [-0.2, 0) is 10.9 Å². The van der Waals surface area contributed by atoms with Gasteiger partial charge >= 0.3 is 12.3 Å². The van der Waals surface area contributed by atoms with Gasteiger partial charge in [-0.05, 0) is 11.6 Å². The summed E-state index contributed by atoms with van der Waals surface area (Å²) in [4.78, 5) is 11.0. The number of hydrogen-bond acceptors (Lipinski definition) is 2. The van der Waals surface area contributed by atoms with E-state index in [1.807, 2.05) is 0 Å². The van der Waals surface area contributed by atoms with Gasteiger partial charge in [-0.2, -0.15) is 13.2 Å². The highest BCUT2D eigenvalue weighted by molar-refractivity contribution is 6.32. The molecule has 1 heterocycles. The van der Waals surface area contributed by atoms with Crippen LogP contribution in [0.25, 0.3) is 0 Å². The van der Waals surface area contributed by atoms with Crippen LogP contribution in [0.15, 0.2) is 18.2 Å². The number of halogens is 5. The van der Waals surface area contributed by atoms with Crippen molar-refractivity contribution in [3.63, 3.8) is 0 Å². The van der Waals surface area contributed by atoms with E-state index in [-0.39, 0.29) is 29.6 Å². The Kier molecular flexibility index (Phi) is 4.92. The zero-order valence-electron chi connectivity index (χ0n) is 9.46. The molecule has 1 N–H and O–H groups in total. The topological polar surface area (TPSA) is 38.3 Å². The van der Waals surface area contributed by atoms with Crippen molar-refractivity contribution in [2.24, 2.45) is 0 Å². The molecule has 106 valence electrons. The second-order valence-electron chi connectivity index (χ2n) is 3.83. The van der Waals surface area contributed by atoms with E-state index in [1.54, 1.807) is 0 Å². The van der Waals surface area contributed by atoms with Gasteiger partial charge in [0.05, 0.1) is 23.2 Å². The molecule has 0 saturated carbocycles. The molecule has 0 aliphatic carbocycles. The van der Waals surface area contributed by atoms with Crippen LogP contribution in [0.1, 0.15) is 23.6 Å². The van der Waals surface area contributed by atoms with Crippen molar-refractivity contribution >= 4 is 30.1 Å². The zero-order chi connectivity index (χ0) is 13.3. The summed E-state index contributed by atoms with van der Waals surface area (Å²) in [6.45, 7) is 0.156. The highest BCUT2D eigenvalue weighted by Gasteiger charge is 2.35. The largest absolute Gasteiger partial charge is 0.449 e. The number of alkyl halides is 3. The van der Waals surface area contributed by atoms with Crippen molar-refractivity contribution in [3.05, 3.63) is 34.3 Å². The van der Waals surface area contributed by atoms with Crippen LogP contribution in [0.4, 0.5) is 18.0 Å². The lowest BCUT2D eigenvalue weighted by molar-refractivity contribution is -0.137. The summed E-state index contributed by atoms with van der Waals surface area (Å²) in [5, 5.41) is 2.06. The third-order valence-corrected chi connectivity index (χ3v) is 3.06. The third-order valence-electron chi connectivity index (χ3n) is 2.64. The molecule has 1 fully saturated rings. The van der Waals surface area contributed by atoms with E-state index in [9.17, 15) is 18.0 Å². The summed E-state index contributed by atoms with van der Waals surface area (Å²) >= 11 is 5.76. The standard InChI is InChI=1S/C11H9ClF3NO2.ClH/c12-9-6(8-4-5-18-10(17)16-8)2-1-3-7(9)11(13,14)15;/h1-3,8H,4-5H2,(H,16,17);1H/t8-;/m1./s1. The first kappa shape index (κ1) is 15.9. The zero-order valence-corrected chi connectivity index (χ0v) is 11.0. The van der Waals surface area contributed by atoms with Crippen molar-refractivity contribution in [1.82, 2.24) is 5.32 Å². The molecule has 0 bridgehead atoms. The number of hydrogen-bond donors (Lipinski definition) is 1. The predicted molar refractivity (Wildman–Crippen MR) is 65.5 cm³/mol. The Morgan fingerprint density at radius 3 is 2.63 bits per heavy atom. The van der Waals surface area contributed by atoms with Gasteiger partial charge in [-0.3, -0.25) is 0 Å². The molecule has 1 saturated heterocycles. The number of carbonyl (C=O) groups is 1. The minimum Gasteiger partial charge on any atom is -0.449 e. The Bertz CT molecular complexity index is 479. The van der Waals surface area contributed by atoms with Gasteiger partial charge in [-0.1, -0.05) is 23.7 Å². The Morgan fingerprint density at radius 2 is 2.05 bits per heavy atom. The van der Waals surface area contributed by atoms with Crippen LogP contribution in [0.5, 0.6) is 0 Å². The number of nitrogens with one attached hydrogen (secondary N) is 1. The maximum absolute atomic E-state index is 12.7. The first-order valence-electron chi connectivity index (χ1n) is 5.18. The van der Waals surface area contributed by atoms with Crippen molar-refractivity contribution < 1.29 is 22.7 Å². The number of ether oxygens (including phenoxy) is 1. The fraction of sp³-hybridized carbons (Fsp3) is 0.364. The van der Waals surface area contributed by atoms with E-state index < -0.39 is 23.9 Å². The first-order valence-corrected chi connectivity index (χ1v) is 5.56. The Balaban J connectivity index is 0.00000180. The average molecular weight is 316 g/mol. The van der Waals surface area contributed by atoms with Crippen molar-refractivity contribution in [2.45, 2.75) is 18.6 Å². The Morgan fingerprint density at radius 1 is 1.37 bits per heavy atom. The minimum absolute atomic E-state index is 0. The van der Waals surface area contributed by atoms with Crippen LogP contribution in [0.2, 0.25) is 5.02 Å². The van der Waals surface area contributed by atoms with Crippen molar-refractivity contribution in [3.8, 4) is 0 Å². The number of cyclic esters (lactones) is 1. The van der Waals surface area contributed by atoms with Gasteiger partial charge in [0.25, 0.3) is 0 Å². The summed E-state index contributed by atoms with van der Waals surface area (Å²) in [5.41, 5.74) is -0.648. The fourth-order valence-electron chi connectivity index (χ4n) is 1.80. The van der Waals surface area contributed by atoms with Gasteiger partial charge < -0.3 is 10.1 Å². The lowest BCUT2D eigenvalue weighted by atomic mass is 10.0. The van der Waals surface area contributed by atoms with Gasteiger partial charge in [0.1, 0.15) is 0 Å². The van der Waals surface area contributed by atoms with Gasteiger partial charge in [-0.15, -0.1) is 12.4 Å². The van der Waals surface area contributed by atoms with E-state index >= 15 is 0 Å². The molecule has 1 amide bonds. The summed E-state index contributed by atoms with van der Waals surface area (Å²) < 4.78 is 42.7. The number of carbonyl (C=O) groups excluding carboxylic acids is 1. The van der Waals surface area contributed by atoms with Crippen LogP contribution in [-0.4, -0.2) is 12.7 Å². The maximum Gasteiger partial charge on any atom is 0.417 e. The molecule has 1 aromatic rings. The summed E-state index contributed by atoms with van der Waals surface area (Å²) in [6, 6.07) is 3.09. The molecule has 0 aromatic heterocycles. The van der Waals surface area contributed by atoms with E-state index in [0.29, 0.717) is 6.42 Å². The molecule has 0 unspecified atom stereocenters. The van der Waals surface area contributed by atoms with E-state index in [4.69, 9.17) is 11.6 Å². The normalized spacial score (nSPS) is 19.2. The molecule has 0 radical (unpaired) electrons. The van der Waals surface area contributed by atoms with Gasteiger partial charge in [-0.25, -0.2) is 4.79 Å². The number of amides is 1. The monoisotopic (exact) mass is 315 g/mol. The molecule has 2 rings (SSSR count). The van der Waals surface area contributed by atoms with Gasteiger partial charge in [0.15, 0.2) is 0 Å². The van der Waals surface area contributed by atoms with Gasteiger partial charge in [0, 0.05) is 6.42 Å². The molecular weight excluding hydrogens is 306 g/mol. The molecule has 19 heavy (non-hydrogen) atoms. The van der Waals surface area contributed by atoms with Crippen molar-refractivity contribution in [1.29, 1.82) is 0 Å². The third kappa shape index (κ3) is 3.45. The van der Waals surface area contributed by atoms with Crippen LogP contribution in [0.3, 0.4) is 0 Å². The SMILES string of the molecule is Cl.O=C1N[C@@H](c2cccc(C(F)(F)F)c2Cl)CCO1. The second kappa shape index (κ2) is 5.88. The lowest BCUT2D eigenvalue weighted by Gasteiger charge is -2.25. The summed E-state index contributed by atoms with van der Waals surface area (Å²) in [7, 11) is 0. The minimum atomic E-state index is -4.51. The number of benzene rings is 1. The van der Waals surface area contributed by atoms with Crippen LogP contribution in [0, 0.1) is 0 Å². The molecule has 1 aliphatic rings. The average Bonchev–Trinajstić information content (AvgIpc) is 2.27. The molecule has 3 nitrogen and oxygen atoms in total. The van der Waals surface area contributed by atoms with Crippen molar-refractivity contribution in [2.75, 3.05) is 6.61 Å². The maximum atomic E-state index is 12.7. The first-order chi connectivity index (χ1) is 8.39. The molecule has 1 aliphatic heterocycles. The Hall–Kier alpha value is -1.14. The summed E-state index contributed by atoms with van der Waals surface area (Å²) in [6.07, 6.45) is -4.78. The number of rotatable bonds is 1. The quantitative estimate of drug-likeness (QED) is 0.852. The summed E-state index contributed by atoms with van der Waals surface area (Å²) in [5.74, 6) is 0. The van der Waals surface area contributed by atoms with E-state index in [2.05, 4.69) is 10.1 Å². The lowest BCUT2D eigenvalue weighted by Crippen LogP contribution is -2.35. The van der Waals surface area contributed by atoms with Crippen LogP contribution < -0.4 is 5.32 Å². The fourth-order valence-corrected chi connectivity index (χ4v) is 2.16.